The maximum absolute atomic E-state index is 12.3. The first-order chi connectivity index (χ1) is 11.0. The number of nitrogens with one attached hydrogen (secondary N) is 1. The summed E-state index contributed by atoms with van der Waals surface area (Å²) in [5.41, 5.74) is -0.0840. The zero-order valence-corrected chi connectivity index (χ0v) is 13.7. The number of thioether (sulfide) groups is 1. The Hall–Kier alpha value is -2.35. The van der Waals surface area contributed by atoms with Gasteiger partial charge in [0.15, 0.2) is 0 Å². The molecule has 122 valence electrons. The molecular formula is C15H18N4O3S. The summed E-state index contributed by atoms with van der Waals surface area (Å²) in [5.74, 6) is -0.249. The van der Waals surface area contributed by atoms with Crippen LogP contribution in [0.25, 0.3) is 0 Å². The van der Waals surface area contributed by atoms with Gasteiger partial charge < -0.3 is 9.88 Å². The second-order valence-corrected chi connectivity index (χ2v) is 6.09. The zero-order chi connectivity index (χ0) is 16.8. The highest BCUT2D eigenvalue weighted by molar-refractivity contribution is 7.98. The summed E-state index contributed by atoms with van der Waals surface area (Å²) in [6.07, 6.45) is 7.12. The number of nitro benzene ring substituents is 1. The Morgan fingerprint density at radius 1 is 1.52 bits per heavy atom. The first kappa shape index (κ1) is 17.0. The second-order valence-electron chi connectivity index (χ2n) is 5.21. The molecule has 1 aromatic carbocycles. The van der Waals surface area contributed by atoms with Crippen molar-refractivity contribution in [2.24, 2.45) is 5.92 Å². The molecule has 1 heterocycles. The lowest BCUT2D eigenvalue weighted by molar-refractivity contribution is -0.385. The topological polar surface area (TPSA) is 90.1 Å². The first-order valence-electron chi connectivity index (χ1n) is 7.07. The summed E-state index contributed by atoms with van der Waals surface area (Å²) in [4.78, 5) is 27.6. The first-order valence-corrected chi connectivity index (χ1v) is 8.30. The van der Waals surface area contributed by atoms with Crippen LogP contribution in [0, 0.1) is 16.0 Å². The number of benzene rings is 1. The molecule has 1 atom stereocenters. The van der Waals surface area contributed by atoms with Gasteiger partial charge in [-0.05, 0) is 24.3 Å². The summed E-state index contributed by atoms with van der Waals surface area (Å²) >= 11 is 1.44. The van der Waals surface area contributed by atoms with Crippen molar-refractivity contribution in [2.45, 2.75) is 18.4 Å². The van der Waals surface area contributed by atoms with E-state index in [4.69, 9.17) is 0 Å². The van der Waals surface area contributed by atoms with Crippen molar-refractivity contribution in [3.8, 4) is 0 Å². The van der Waals surface area contributed by atoms with Gasteiger partial charge in [0.2, 0.25) is 0 Å². The fourth-order valence-corrected chi connectivity index (χ4v) is 2.60. The lowest BCUT2D eigenvalue weighted by Crippen LogP contribution is -2.30. The van der Waals surface area contributed by atoms with Crippen LogP contribution in [-0.2, 0) is 6.54 Å². The van der Waals surface area contributed by atoms with Crippen LogP contribution in [-0.4, -0.2) is 33.2 Å². The minimum absolute atomic E-state index is 0.0941. The maximum atomic E-state index is 12.3. The van der Waals surface area contributed by atoms with E-state index in [-0.39, 0.29) is 17.2 Å². The van der Waals surface area contributed by atoms with Gasteiger partial charge in [0.1, 0.15) is 5.56 Å². The largest absolute Gasteiger partial charge is 0.351 e. The average molecular weight is 334 g/mol. The van der Waals surface area contributed by atoms with Gasteiger partial charge in [-0.15, -0.1) is 11.8 Å². The number of hydrogen-bond donors (Lipinski definition) is 1. The van der Waals surface area contributed by atoms with Crippen LogP contribution in [0.3, 0.4) is 0 Å². The minimum Gasteiger partial charge on any atom is -0.351 e. The Bertz CT molecular complexity index is 688. The van der Waals surface area contributed by atoms with Crippen molar-refractivity contribution < 1.29 is 9.72 Å². The molecule has 1 N–H and O–H groups in total. The predicted octanol–water partition coefficient (Wildman–Crippen LogP) is 2.58. The Labute approximate surface area is 138 Å². The average Bonchev–Trinajstić information content (AvgIpc) is 3.04. The van der Waals surface area contributed by atoms with Crippen LogP contribution in [0.1, 0.15) is 17.3 Å². The summed E-state index contributed by atoms with van der Waals surface area (Å²) in [5, 5.41) is 13.9. The van der Waals surface area contributed by atoms with Gasteiger partial charge in [-0.1, -0.05) is 6.92 Å². The third-order valence-corrected chi connectivity index (χ3v) is 4.06. The quantitative estimate of drug-likeness (QED) is 0.477. The molecule has 0 fully saturated rings. The van der Waals surface area contributed by atoms with Crippen molar-refractivity contribution in [3.63, 3.8) is 0 Å². The van der Waals surface area contributed by atoms with E-state index in [2.05, 4.69) is 10.3 Å². The molecule has 0 aliphatic rings. The zero-order valence-electron chi connectivity index (χ0n) is 12.9. The highest BCUT2D eigenvalue weighted by atomic mass is 32.2. The molecule has 0 saturated heterocycles. The second kappa shape index (κ2) is 7.77. The van der Waals surface area contributed by atoms with Crippen molar-refractivity contribution >= 4 is 23.4 Å². The molecule has 2 aromatic rings. The number of hydrogen-bond acceptors (Lipinski definition) is 5. The van der Waals surface area contributed by atoms with Gasteiger partial charge in [0.05, 0.1) is 11.3 Å². The molecule has 0 saturated carbocycles. The molecule has 0 bridgehead atoms. The fourth-order valence-electron chi connectivity index (χ4n) is 2.16. The molecule has 2 rings (SSSR count). The van der Waals surface area contributed by atoms with E-state index in [9.17, 15) is 14.9 Å². The lowest BCUT2D eigenvalue weighted by Gasteiger charge is -2.13. The van der Waals surface area contributed by atoms with Crippen molar-refractivity contribution in [1.29, 1.82) is 0 Å². The molecule has 0 unspecified atom stereocenters. The van der Waals surface area contributed by atoms with E-state index in [1.165, 1.54) is 17.8 Å². The molecule has 1 amide bonds. The van der Waals surface area contributed by atoms with Gasteiger partial charge >= 0.3 is 0 Å². The molecule has 1 aromatic heterocycles. The van der Waals surface area contributed by atoms with E-state index in [1.54, 1.807) is 24.7 Å². The molecule has 0 radical (unpaired) electrons. The SMILES string of the molecule is CSc1ccc([N+](=O)[O-])c(C(=O)NC[C@H](C)Cn2ccnc2)c1. The Balaban J connectivity index is 2.03. The third-order valence-electron chi connectivity index (χ3n) is 3.34. The number of amides is 1. The summed E-state index contributed by atoms with van der Waals surface area (Å²) in [6.45, 7) is 3.14. The van der Waals surface area contributed by atoms with E-state index in [0.29, 0.717) is 13.1 Å². The Morgan fingerprint density at radius 3 is 2.91 bits per heavy atom. The third kappa shape index (κ3) is 4.56. The smallest absolute Gasteiger partial charge is 0.282 e. The Morgan fingerprint density at radius 2 is 2.30 bits per heavy atom. The Kier molecular flexibility index (Phi) is 5.75. The van der Waals surface area contributed by atoms with Crippen LogP contribution in [0.5, 0.6) is 0 Å². The lowest BCUT2D eigenvalue weighted by atomic mass is 10.1. The molecule has 0 aliphatic carbocycles. The predicted molar refractivity (Wildman–Crippen MR) is 88.6 cm³/mol. The van der Waals surface area contributed by atoms with Crippen LogP contribution >= 0.6 is 11.8 Å². The van der Waals surface area contributed by atoms with E-state index < -0.39 is 10.8 Å². The number of nitro groups is 1. The minimum atomic E-state index is -0.534. The van der Waals surface area contributed by atoms with Gasteiger partial charge in [-0.3, -0.25) is 14.9 Å². The van der Waals surface area contributed by atoms with Crippen molar-refractivity contribution in [3.05, 3.63) is 52.6 Å². The highest BCUT2D eigenvalue weighted by Gasteiger charge is 2.20. The normalized spacial score (nSPS) is 11.9. The number of carbonyl (C=O) groups is 1. The molecule has 0 aliphatic heterocycles. The number of imidazole rings is 1. The van der Waals surface area contributed by atoms with Gasteiger partial charge in [0, 0.05) is 36.4 Å². The van der Waals surface area contributed by atoms with Crippen LogP contribution in [0.2, 0.25) is 0 Å². The molecule has 7 nitrogen and oxygen atoms in total. The van der Waals surface area contributed by atoms with Crippen LogP contribution in [0.4, 0.5) is 5.69 Å². The monoisotopic (exact) mass is 334 g/mol. The van der Waals surface area contributed by atoms with Crippen LogP contribution in [0.15, 0.2) is 41.8 Å². The van der Waals surface area contributed by atoms with Gasteiger partial charge in [-0.2, -0.15) is 0 Å². The molecule has 8 heteroatoms. The number of aromatic nitrogens is 2. The molecule has 23 heavy (non-hydrogen) atoms. The number of rotatable bonds is 7. The molecular weight excluding hydrogens is 316 g/mol. The van der Waals surface area contributed by atoms with Crippen molar-refractivity contribution in [2.75, 3.05) is 12.8 Å². The number of carbonyl (C=O) groups excluding carboxylic acids is 1. The fraction of sp³-hybridized carbons (Fsp3) is 0.333. The van der Waals surface area contributed by atoms with Crippen LogP contribution < -0.4 is 5.32 Å². The van der Waals surface area contributed by atoms with E-state index in [0.717, 1.165) is 4.90 Å². The van der Waals surface area contributed by atoms with Crippen molar-refractivity contribution in [1.82, 2.24) is 14.9 Å². The van der Waals surface area contributed by atoms with E-state index >= 15 is 0 Å². The standard InChI is InChI=1S/C15H18N4O3S/c1-11(9-18-6-5-16-10-18)8-17-15(20)13-7-12(23-2)3-4-14(13)19(21)22/h3-7,10-11H,8-9H2,1-2H3,(H,17,20)/t11-/m0/s1. The summed E-state index contributed by atoms with van der Waals surface area (Å²) in [6, 6.07) is 4.57. The summed E-state index contributed by atoms with van der Waals surface area (Å²) in [7, 11) is 0. The van der Waals surface area contributed by atoms with E-state index in [1.807, 2.05) is 23.9 Å². The molecule has 0 spiro atoms. The van der Waals surface area contributed by atoms with Gasteiger partial charge in [0.25, 0.3) is 11.6 Å². The number of nitrogens with zero attached hydrogens (tertiary/aromatic N) is 3. The van der Waals surface area contributed by atoms with Gasteiger partial charge in [-0.25, -0.2) is 4.98 Å². The summed E-state index contributed by atoms with van der Waals surface area (Å²) < 4.78 is 1.92. The highest BCUT2D eigenvalue weighted by Crippen LogP contribution is 2.24. The maximum Gasteiger partial charge on any atom is 0.282 e.